The molecule has 18 heavy (non-hydrogen) atoms. The van der Waals surface area contributed by atoms with Gasteiger partial charge >= 0.3 is 6.03 Å². The van der Waals surface area contributed by atoms with E-state index in [2.05, 4.69) is 27.7 Å². The SMILES string of the molecule is C/C=C1/CCCN(C(=O)Nc2nc(C)ns2)CC1. The largest absolute Gasteiger partial charge is 0.324 e. The van der Waals surface area contributed by atoms with Crippen molar-refractivity contribution in [2.75, 3.05) is 18.4 Å². The topological polar surface area (TPSA) is 58.1 Å². The van der Waals surface area contributed by atoms with Gasteiger partial charge in [0.05, 0.1) is 0 Å². The van der Waals surface area contributed by atoms with Crippen molar-refractivity contribution in [3.05, 3.63) is 17.5 Å². The van der Waals surface area contributed by atoms with Crippen molar-refractivity contribution in [2.24, 2.45) is 0 Å². The Labute approximate surface area is 111 Å². The lowest BCUT2D eigenvalue weighted by Gasteiger charge is -2.19. The highest BCUT2D eigenvalue weighted by atomic mass is 32.1. The molecule has 0 aromatic carbocycles. The summed E-state index contributed by atoms with van der Waals surface area (Å²) in [5.74, 6) is 0.697. The number of urea groups is 1. The summed E-state index contributed by atoms with van der Waals surface area (Å²) in [6.07, 6.45) is 5.26. The van der Waals surface area contributed by atoms with E-state index >= 15 is 0 Å². The molecule has 6 heteroatoms. The lowest BCUT2D eigenvalue weighted by molar-refractivity contribution is 0.214. The molecular weight excluding hydrogens is 248 g/mol. The smallest absolute Gasteiger partial charge is 0.323 e. The fourth-order valence-electron chi connectivity index (χ4n) is 2.02. The molecule has 1 fully saturated rings. The Bertz CT molecular complexity index is 455. The minimum Gasteiger partial charge on any atom is -0.324 e. The molecule has 98 valence electrons. The quantitative estimate of drug-likeness (QED) is 0.795. The Morgan fingerprint density at radius 1 is 1.44 bits per heavy atom. The molecule has 0 spiro atoms. The van der Waals surface area contributed by atoms with Gasteiger partial charge in [0.2, 0.25) is 5.13 Å². The van der Waals surface area contributed by atoms with E-state index in [1.807, 2.05) is 11.8 Å². The van der Waals surface area contributed by atoms with Crippen molar-refractivity contribution in [1.29, 1.82) is 0 Å². The number of nitrogens with one attached hydrogen (secondary N) is 1. The number of rotatable bonds is 1. The number of anilines is 1. The van der Waals surface area contributed by atoms with Crippen LogP contribution in [0, 0.1) is 6.92 Å². The molecule has 1 aromatic rings. The minimum absolute atomic E-state index is 0.0662. The molecule has 1 aliphatic heterocycles. The maximum absolute atomic E-state index is 12.1. The maximum atomic E-state index is 12.1. The highest BCUT2D eigenvalue weighted by Crippen LogP contribution is 2.17. The highest BCUT2D eigenvalue weighted by Gasteiger charge is 2.18. The fraction of sp³-hybridized carbons (Fsp3) is 0.583. The van der Waals surface area contributed by atoms with E-state index in [0.717, 1.165) is 32.4 Å². The molecule has 1 aliphatic rings. The number of allylic oxidation sites excluding steroid dienone is 1. The first-order valence-corrected chi connectivity index (χ1v) is 6.96. The Morgan fingerprint density at radius 3 is 2.94 bits per heavy atom. The van der Waals surface area contributed by atoms with Crippen molar-refractivity contribution >= 4 is 22.7 Å². The number of hydrogen-bond donors (Lipinski definition) is 1. The van der Waals surface area contributed by atoms with E-state index in [1.165, 1.54) is 17.1 Å². The van der Waals surface area contributed by atoms with Crippen LogP contribution in [0.4, 0.5) is 9.93 Å². The van der Waals surface area contributed by atoms with Gasteiger partial charge in [-0.25, -0.2) is 9.78 Å². The zero-order valence-corrected chi connectivity index (χ0v) is 11.6. The summed E-state index contributed by atoms with van der Waals surface area (Å²) in [5, 5.41) is 3.38. The summed E-state index contributed by atoms with van der Waals surface area (Å²) in [7, 11) is 0. The van der Waals surface area contributed by atoms with E-state index in [-0.39, 0.29) is 6.03 Å². The maximum Gasteiger partial charge on any atom is 0.323 e. The van der Waals surface area contributed by atoms with Crippen molar-refractivity contribution in [3.8, 4) is 0 Å². The molecule has 0 bridgehead atoms. The van der Waals surface area contributed by atoms with Crippen LogP contribution in [-0.4, -0.2) is 33.4 Å². The third-order valence-corrected chi connectivity index (χ3v) is 3.79. The van der Waals surface area contributed by atoms with E-state index in [9.17, 15) is 4.79 Å². The summed E-state index contributed by atoms with van der Waals surface area (Å²) in [6, 6.07) is -0.0662. The molecule has 1 N–H and O–H groups in total. The van der Waals surface area contributed by atoms with Crippen molar-refractivity contribution in [2.45, 2.75) is 33.1 Å². The molecule has 1 saturated heterocycles. The number of amides is 2. The van der Waals surface area contributed by atoms with Gasteiger partial charge < -0.3 is 4.90 Å². The molecule has 0 unspecified atom stereocenters. The van der Waals surface area contributed by atoms with Crippen molar-refractivity contribution < 1.29 is 4.79 Å². The van der Waals surface area contributed by atoms with Gasteiger partial charge in [-0.3, -0.25) is 5.32 Å². The zero-order chi connectivity index (χ0) is 13.0. The monoisotopic (exact) mass is 266 g/mol. The minimum atomic E-state index is -0.0662. The second-order valence-corrected chi connectivity index (χ2v) is 5.12. The average molecular weight is 266 g/mol. The van der Waals surface area contributed by atoms with E-state index in [1.54, 1.807) is 0 Å². The summed E-state index contributed by atoms with van der Waals surface area (Å²) >= 11 is 1.22. The van der Waals surface area contributed by atoms with Crippen molar-refractivity contribution in [1.82, 2.24) is 14.3 Å². The Kier molecular flexibility index (Phi) is 4.30. The van der Waals surface area contributed by atoms with Gasteiger partial charge in [-0.15, -0.1) is 0 Å². The standard InChI is InChI=1S/C12H18N4OS/c1-3-10-5-4-7-16(8-6-10)12(17)14-11-13-9(2)15-18-11/h3H,4-8H2,1-2H3,(H,13,14,15,17)/b10-3-. The Balaban J connectivity index is 1.93. The van der Waals surface area contributed by atoms with Crippen LogP contribution in [0.25, 0.3) is 0 Å². The second-order valence-electron chi connectivity index (χ2n) is 4.36. The van der Waals surface area contributed by atoms with Crippen LogP contribution in [-0.2, 0) is 0 Å². The first-order valence-electron chi connectivity index (χ1n) is 6.19. The molecule has 2 rings (SSSR count). The van der Waals surface area contributed by atoms with E-state index < -0.39 is 0 Å². The van der Waals surface area contributed by atoms with Gasteiger partial charge in [-0.1, -0.05) is 11.6 Å². The number of carbonyl (C=O) groups excluding carboxylic acids is 1. The average Bonchev–Trinajstić information content (AvgIpc) is 2.65. The van der Waals surface area contributed by atoms with Crippen LogP contribution in [0.15, 0.2) is 11.6 Å². The van der Waals surface area contributed by atoms with Gasteiger partial charge in [0.1, 0.15) is 5.82 Å². The van der Waals surface area contributed by atoms with E-state index in [0.29, 0.717) is 11.0 Å². The summed E-state index contributed by atoms with van der Waals surface area (Å²) in [4.78, 5) is 18.1. The molecule has 0 aliphatic carbocycles. The molecule has 2 amide bonds. The predicted molar refractivity (Wildman–Crippen MR) is 72.8 cm³/mol. The lowest BCUT2D eigenvalue weighted by Crippen LogP contribution is -2.35. The number of carbonyl (C=O) groups is 1. The van der Waals surface area contributed by atoms with Crippen LogP contribution < -0.4 is 5.32 Å². The van der Waals surface area contributed by atoms with E-state index in [4.69, 9.17) is 0 Å². The van der Waals surface area contributed by atoms with Gasteiger partial charge in [-0.2, -0.15) is 4.37 Å². The first-order chi connectivity index (χ1) is 8.69. The van der Waals surface area contributed by atoms with Crippen molar-refractivity contribution in [3.63, 3.8) is 0 Å². The van der Waals surface area contributed by atoms with Gasteiger partial charge in [0, 0.05) is 24.6 Å². The summed E-state index contributed by atoms with van der Waals surface area (Å²) in [5.41, 5.74) is 1.44. The third kappa shape index (κ3) is 3.29. The molecule has 2 heterocycles. The summed E-state index contributed by atoms with van der Waals surface area (Å²) < 4.78 is 4.05. The second kappa shape index (κ2) is 5.95. The Morgan fingerprint density at radius 2 is 2.28 bits per heavy atom. The number of aryl methyl sites for hydroxylation is 1. The third-order valence-electron chi connectivity index (χ3n) is 3.07. The van der Waals surface area contributed by atoms with Crippen LogP contribution in [0.1, 0.15) is 32.0 Å². The number of hydrogen-bond acceptors (Lipinski definition) is 4. The molecular formula is C12H18N4OS. The van der Waals surface area contributed by atoms with Gasteiger partial charge in [0.15, 0.2) is 0 Å². The fourth-order valence-corrected chi connectivity index (χ4v) is 2.59. The Hall–Kier alpha value is -1.43. The molecule has 0 saturated carbocycles. The van der Waals surface area contributed by atoms with Gasteiger partial charge in [0.25, 0.3) is 0 Å². The predicted octanol–water partition coefficient (Wildman–Crippen LogP) is 2.81. The molecule has 5 nitrogen and oxygen atoms in total. The number of likely N-dealkylation sites (tertiary alicyclic amines) is 1. The number of aromatic nitrogens is 2. The van der Waals surface area contributed by atoms with Crippen LogP contribution in [0.5, 0.6) is 0 Å². The van der Waals surface area contributed by atoms with Crippen LogP contribution in [0.2, 0.25) is 0 Å². The summed E-state index contributed by atoms with van der Waals surface area (Å²) in [6.45, 7) is 5.47. The molecule has 1 aromatic heterocycles. The highest BCUT2D eigenvalue weighted by molar-refractivity contribution is 7.09. The van der Waals surface area contributed by atoms with Crippen LogP contribution >= 0.6 is 11.5 Å². The zero-order valence-electron chi connectivity index (χ0n) is 10.8. The van der Waals surface area contributed by atoms with Gasteiger partial charge in [-0.05, 0) is 33.1 Å². The number of nitrogens with zero attached hydrogens (tertiary/aromatic N) is 3. The van der Waals surface area contributed by atoms with Crippen LogP contribution in [0.3, 0.4) is 0 Å². The molecule has 0 radical (unpaired) electrons. The first kappa shape index (κ1) is 13.0. The lowest BCUT2D eigenvalue weighted by atomic mass is 10.1. The molecule has 0 atom stereocenters. The normalized spacial score (nSPS) is 18.8.